The van der Waals surface area contributed by atoms with E-state index < -0.39 is 0 Å². The van der Waals surface area contributed by atoms with Gasteiger partial charge in [-0.2, -0.15) is 0 Å². The van der Waals surface area contributed by atoms with Crippen molar-refractivity contribution in [3.05, 3.63) is 29.4 Å². The highest BCUT2D eigenvalue weighted by molar-refractivity contribution is 7.13. The number of imidazole rings is 1. The van der Waals surface area contributed by atoms with Crippen LogP contribution in [0.3, 0.4) is 0 Å². The van der Waals surface area contributed by atoms with Crippen molar-refractivity contribution < 1.29 is 0 Å². The Kier molecular flexibility index (Phi) is 2.88. The standard InChI is InChI=1S/C11H15N3S/c1-3-14-9(8(2)12)7-13-11(14)10-5-4-6-15-10/h4-8H,3,12H2,1-2H3. The normalized spacial score (nSPS) is 13.0. The third-order valence-corrected chi connectivity index (χ3v) is 3.28. The molecule has 1 unspecified atom stereocenters. The summed E-state index contributed by atoms with van der Waals surface area (Å²) in [6.07, 6.45) is 1.88. The number of rotatable bonds is 3. The van der Waals surface area contributed by atoms with Crippen LogP contribution in [0.25, 0.3) is 10.7 Å². The Balaban J connectivity index is 2.49. The van der Waals surface area contributed by atoms with E-state index in [0.29, 0.717) is 0 Å². The van der Waals surface area contributed by atoms with Gasteiger partial charge in [0.2, 0.25) is 0 Å². The Hall–Kier alpha value is -1.13. The number of thiophene rings is 1. The molecule has 1 atom stereocenters. The molecule has 15 heavy (non-hydrogen) atoms. The maximum absolute atomic E-state index is 5.90. The fourth-order valence-corrected chi connectivity index (χ4v) is 2.42. The molecule has 0 spiro atoms. The lowest BCUT2D eigenvalue weighted by Gasteiger charge is -2.10. The average molecular weight is 221 g/mol. The zero-order chi connectivity index (χ0) is 10.8. The second-order valence-electron chi connectivity index (χ2n) is 3.52. The van der Waals surface area contributed by atoms with Crippen molar-refractivity contribution in [1.82, 2.24) is 9.55 Å². The summed E-state index contributed by atoms with van der Waals surface area (Å²) in [6.45, 7) is 5.01. The Morgan fingerprint density at radius 1 is 1.60 bits per heavy atom. The lowest BCUT2D eigenvalue weighted by atomic mass is 10.2. The Morgan fingerprint density at radius 2 is 2.40 bits per heavy atom. The second kappa shape index (κ2) is 4.16. The number of hydrogen-bond acceptors (Lipinski definition) is 3. The van der Waals surface area contributed by atoms with Crippen LogP contribution in [0.4, 0.5) is 0 Å². The lowest BCUT2D eigenvalue weighted by molar-refractivity contribution is 0.663. The molecule has 3 nitrogen and oxygen atoms in total. The molecule has 80 valence electrons. The van der Waals surface area contributed by atoms with Gasteiger partial charge in [-0.1, -0.05) is 6.07 Å². The topological polar surface area (TPSA) is 43.8 Å². The molecule has 4 heteroatoms. The van der Waals surface area contributed by atoms with Gasteiger partial charge in [-0.3, -0.25) is 0 Å². The number of aromatic nitrogens is 2. The van der Waals surface area contributed by atoms with Crippen molar-refractivity contribution in [1.29, 1.82) is 0 Å². The smallest absolute Gasteiger partial charge is 0.150 e. The van der Waals surface area contributed by atoms with Gasteiger partial charge in [0.05, 0.1) is 16.8 Å². The van der Waals surface area contributed by atoms with Crippen LogP contribution in [0.5, 0.6) is 0 Å². The van der Waals surface area contributed by atoms with Crippen molar-refractivity contribution >= 4 is 11.3 Å². The minimum absolute atomic E-state index is 0.0335. The largest absolute Gasteiger partial charge is 0.326 e. The maximum Gasteiger partial charge on any atom is 0.150 e. The predicted molar refractivity (Wildman–Crippen MR) is 63.8 cm³/mol. The summed E-state index contributed by atoms with van der Waals surface area (Å²) in [5.74, 6) is 1.03. The van der Waals surface area contributed by atoms with Gasteiger partial charge in [0.25, 0.3) is 0 Å². The molecule has 2 N–H and O–H groups in total. The zero-order valence-corrected chi connectivity index (χ0v) is 9.79. The van der Waals surface area contributed by atoms with Gasteiger partial charge >= 0.3 is 0 Å². The van der Waals surface area contributed by atoms with Gasteiger partial charge in [-0.05, 0) is 25.3 Å². The molecule has 0 saturated heterocycles. The molecule has 0 fully saturated rings. The highest BCUT2D eigenvalue weighted by Gasteiger charge is 2.13. The minimum Gasteiger partial charge on any atom is -0.326 e. The fraction of sp³-hybridized carbons (Fsp3) is 0.364. The number of nitrogens with zero attached hydrogens (tertiary/aromatic N) is 2. The molecule has 0 saturated carbocycles. The molecule has 2 rings (SSSR count). The summed E-state index contributed by atoms with van der Waals surface area (Å²) >= 11 is 1.71. The van der Waals surface area contributed by atoms with E-state index in [1.54, 1.807) is 11.3 Å². The van der Waals surface area contributed by atoms with Crippen molar-refractivity contribution in [2.24, 2.45) is 5.73 Å². The van der Waals surface area contributed by atoms with Gasteiger partial charge in [0, 0.05) is 12.6 Å². The van der Waals surface area contributed by atoms with Crippen LogP contribution in [0.15, 0.2) is 23.7 Å². The maximum atomic E-state index is 5.90. The van der Waals surface area contributed by atoms with Crippen LogP contribution in [0, 0.1) is 0 Å². The minimum atomic E-state index is 0.0335. The summed E-state index contributed by atoms with van der Waals surface area (Å²) in [5.41, 5.74) is 7.00. The first-order chi connectivity index (χ1) is 7.24. The summed E-state index contributed by atoms with van der Waals surface area (Å²) in [6, 6.07) is 4.16. The van der Waals surface area contributed by atoms with Crippen LogP contribution in [0.1, 0.15) is 25.6 Å². The molecule has 0 aliphatic carbocycles. The summed E-state index contributed by atoms with van der Waals surface area (Å²) < 4.78 is 2.18. The number of nitrogens with two attached hydrogens (primary N) is 1. The van der Waals surface area contributed by atoms with Crippen molar-refractivity contribution in [3.63, 3.8) is 0 Å². The molecule has 0 amide bonds. The highest BCUT2D eigenvalue weighted by atomic mass is 32.1. The Labute approximate surface area is 93.6 Å². The van der Waals surface area contributed by atoms with Gasteiger partial charge in [-0.15, -0.1) is 11.3 Å². The quantitative estimate of drug-likeness (QED) is 0.866. The van der Waals surface area contributed by atoms with Crippen LogP contribution >= 0.6 is 11.3 Å². The zero-order valence-electron chi connectivity index (χ0n) is 8.97. The van der Waals surface area contributed by atoms with Crippen molar-refractivity contribution in [3.8, 4) is 10.7 Å². The second-order valence-corrected chi connectivity index (χ2v) is 4.46. The molecular formula is C11H15N3S. The molecule has 2 heterocycles. The molecule has 0 aliphatic rings. The van der Waals surface area contributed by atoms with E-state index in [0.717, 1.165) is 18.1 Å². The van der Waals surface area contributed by atoms with Crippen molar-refractivity contribution in [2.45, 2.75) is 26.4 Å². The van der Waals surface area contributed by atoms with Crippen LogP contribution in [-0.4, -0.2) is 9.55 Å². The van der Waals surface area contributed by atoms with E-state index >= 15 is 0 Å². The monoisotopic (exact) mass is 221 g/mol. The van der Waals surface area contributed by atoms with E-state index in [1.807, 2.05) is 19.2 Å². The highest BCUT2D eigenvalue weighted by Crippen LogP contribution is 2.26. The third-order valence-electron chi connectivity index (χ3n) is 2.41. The molecule has 0 bridgehead atoms. The van der Waals surface area contributed by atoms with Gasteiger partial charge in [-0.25, -0.2) is 4.98 Å². The van der Waals surface area contributed by atoms with Gasteiger partial charge < -0.3 is 10.3 Å². The van der Waals surface area contributed by atoms with Crippen LogP contribution < -0.4 is 5.73 Å². The summed E-state index contributed by atoms with van der Waals surface area (Å²) in [7, 11) is 0. The average Bonchev–Trinajstić information content (AvgIpc) is 2.85. The molecule has 0 aliphatic heterocycles. The first-order valence-electron chi connectivity index (χ1n) is 5.09. The summed E-state index contributed by atoms with van der Waals surface area (Å²) in [4.78, 5) is 5.64. The molecule has 0 aromatic carbocycles. The first-order valence-corrected chi connectivity index (χ1v) is 5.97. The van der Waals surface area contributed by atoms with Crippen LogP contribution in [-0.2, 0) is 6.54 Å². The van der Waals surface area contributed by atoms with E-state index in [-0.39, 0.29) is 6.04 Å². The van der Waals surface area contributed by atoms with Crippen molar-refractivity contribution in [2.75, 3.05) is 0 Å². The van der Waals surface area contributed by atoms with E-state index in [9.17, 15) is 0 Å². The predicted octanol–water partition coefficient (Wildman–Crippen LogP) is 2.65. The molecule has 2 aromatic rings. The first kappa shape index (κ1) is 10.4. The fourth-order valence-electron chi connectivity index (χ4n) is 1.69. The Bertz CT molecular complexity index is 429. The van der Waals surface area contributed by atoms with Gasteiger partial charge in [0.1, 0.15) is 5.82 Å². The molecule has 2 aromatic heterocycles. The number of hydrogen-bond donors (Lipinski definition) is 1. The lowest BCUT2D eigenvalue weighted by Crippen LogP contribution is -2.12. The summed E-state index contributed by atoms with van der Waals surface area (Å²) in [5, 5.41) is 2.07. The van der Waals surface area contributed by atoms with Gasteiger partial charge in [0.15, 0.2) is 0 Å². The van der Waals surface area contributed by atoms with E-state index in [2.05, 4.69) is 27.9 Å². The SMILES string of the molecule is CCn1c(C(C)N)cnc1-c1cccs1. The Morgan fingerprint density at radius 3 is 2.93 bits per heavy atom. The van der Waals surface area contributed by atoms with E-state index in [1.165, 1.54) is 4.88 Å². The third kappa shape index (κ3) is 1.82. The van der Waals surface area contributed by atoms with Crippen LogP contribution in [0.2, 0.25) is 0 Å². The van der Waals surface area contributed by atoms with E-state index in [4.69, 9.17) is 5.73 Å². The molecule has 0 radical (unpaired) electrons. The molecular weight excluding hydrogens is 206 g/mol.